The zero-order valence-electron chi connectivity index (χ0n) is 25.6. The van der Waals surface area contributed by atoms with E-state index in [1.165, 1.54) is 12.8 Å². The van der Waals surface area contributed by atoms with Crippen molar-refractivity contribution in [3.8, 4) is 5.75 Å². The summed E-state index contributed by atoms with van der Waals surface area (Å²) in [7, 11) is 0.0943. The largest absolute Gasteiger partial charge is 0.497 e. The molecule has 6 rings (SSSR count). The second-order valence-electron chi connectivity index (χ2n) is 14.7. The lowest BCUT2D eigenvalue weighted by atomic mass is 9.46. The summed E-state index contributed by atoms with van der Waals surface area (Å²) in [6, 6.07) is 5.36. The molecule has 43 heavy (non-hydrogen) atoms. The van der Waals surface area contributed by atoms with Crippen molar-refractivity contribution in [3.05, 3.63) is 29.3 Å². The highest BCUT2D eigenvalue weighted by Crippen LogP contribution is 2.62. The molecule has 1 N–H and O–H groups in total. The van der Waals surface area contributed by atoms with Crippen LogP contribution in [-0.2, 0) is 21.4 Å². The molecule has 238 valence electrons. The molecule has 0 radical (unpaired) electrons. The number of likely N-dealkylation sites (tertiary alicyclic amines) is 1. The van der Waals surface area contributed by atoms with Gasteiger partial charge in [0.2, 0.25) is 0 Å². The molecule has 2 saturated heterocycles. The first-order valence-electron chi connectivity index (χ1n) is 15.5. The smallest absolute Gasteiger partial charge is 0.406 e. The van der Waals surface area contributed by atoms with Gasteiger partial charge in [-0.3, -0.25) is 9.69 Å². The molecule has 8 nitrogen and oxygen atoms in total. The number of nitrogens with zero attached hydrogens (tertiary/aromatic N) is 3. The summed E-state index contributed by atoms with van der Waals surface area (Å²) in [5.41, 5.74) is -2.18. The third-order valence-electron chi connectivity index (χ3n) is 10.8. The van der Waals surface area contributed by atoms with E-state index < -0.39 is 49.3 Å². The Bertz CT molecular complexity index is 1290. The van der Waals surface area contributed by atoms with Gasteiger partial charge in [-0.1, -0.05) is 25.7 Å². The normalized spacial score (nSPS) is 32.8. The molecule has 2 aliphatic heterocycles. The second-order valence-corrected chi connectivity index (χ2v) is 20.3. The van der Waals surface area contributed by atoms with Gasteiger partial charge >= 0.3 is 12.2 Å². The number of methoxy groups -OCH3 is 1. The number of halogens is 3. The molecule has 0 aromatic heterocycles. The molecule has 12 heteroatoms. The number of fused-ring (bicyclic) bond motifs is 1. The van der Waals surface area contributed by atoms with Crippen molar-refractivity contribution in [2.24, 2.45) is 5.92 Å². The lowest BCUT2D eigenvalue weighted by molar-refractivity contribution is -0.197. The third-order valence-corrected chi connectivity index (χ3v) is 12.5. The Hall–Kier alpha value is -2.15. The van der Waals surface area contributed by atoms with Crippen LogP contribution in [0.3, 0.4) is 0 Å². The Morgan fingerprint density at radius 1 is 1.12 bits per heavy atom. The van der Waals surface area contributed by atoms with Gasteiger partial charge in [-0.25, -0.2) is 9.69 Å². The molecule has 3 aliphatic carbocycles. The quantitative estimate of drug-likeness (QED) is 0.243. The Morgan fingerprint density at radius 2 is 1.86 bits per heavy atom. The first-order chi connectivity index (χ1) is 20.1. The van der Waals surface area contributed by atoms with Crippen LogP contribution in [0.15, 0.2) is 18.2 Å². The number of ether oxygens (including phenoxy) is 2. The van der Waals surface area contributed by atoms with Crippen molar-refractivity contribution in [3.63, 3.8) is 0 Å². The lowest BCUT2D eigenvalue weighted by Gasteiger charge is -2.66. The Labute approximate surface area is 252 Å². The first kappa shape index (κ1) is 30.9. The van der Waals surface area contributed by atoms with E-state index in [1.54, 1.807) is 7.11 Å². The van der Waals surface area contributed by atoms with E-state index in [9.17, 15) is 27.9 Å². The fourth-order valence-electron chi connectivity index (χ4n) is 8.33. The van der Waals surface area contributed by atoms with Crippen LogP contribution in [0.4, 0.5) is 18.0 Å². The van der Waals surface area contributed by atoms with Crippen LogP contribution in [0.2, 0.25) is 25.7 Å². The molecule has 4 atom stereocenters. The highest BCUT2D eigenvalue weighted by Gasteiger charge is 2.72. The van der Waals surface area contributed by atoms with Crippen LogP contribution < -0.4 is 4.74 Å². The SMILES string of the molecule is COc1ccc2c(c1)[C@]13CCN(CC4CC4)[C@H](C2)[C@]1(O)CC[C@]1(C3)C(=O)N(COCC[Si](C)(C)C)C(=O)N1CC(F)(F)F. The summed E-state index contributed by atoms with van der Waals surface area (Å²) < 4.78 is 53.5. The van der Waals surface area contributed by atoms with Crippen LogP contribution in [0.5, 0.6) is 5.75 Å². The number of urea groups is 1. The number of aliphatic hydroxyl groups is 1. The van der Waals surface area contributed by atoms with Crippen LogP contribution in [0.1, 0.15) is 49.7 Å². The molecule has 1 aromatic carbocycles. The Balaban J connectivity index is 1.40. The molecule has 3 amide bonds. The molecule has 1 spiro atoms. The lowest BCUT2D eigenvalue weighted by Crippen LogP contribution is -2.76. The zero-order chi connectivity index (χ0) is 31.0. The van der Waals surface area contributed by atoms with E-state index in [2.05, 4.69) is 24.5 Å². The average Bonchev–Trinajstić information content (AvgIpc) is 3.73. The molecule has 2 saturated carbocycles. The van der Waals surface area contributed by atoms with Crippen LogP contribution in [0.25, 0.3) is 0 Å². The zero-order valence-corrected chi connectivity index (χ0v) is 26.6. The van der Waals surface area contributed by atoms with Crippen molar-refractivity contribution in [2.45, 2.75) is 99.4 Å². The number of hydrogen-bond donors (Lipinski definition) is 1. The minimum atomic E-state index is -4.70. The predicted octanol–water partition coefficient (Wildman–Crippen LogP) is 4.77. The third kappa shape index (κ3) is 5.19. The molecule has 2 bridgehead atoms. The van der Waals surface area contributed by atoms with Crippen LogP contribution >= 0.6 is 0 Å². The van der Waals surface area contributed by atoms with Gasteiger partial charge in [-0.05, 0) is 86.7 Å². The minimum absolute atomic E-state index is 0.0373. The Morgan fingerprint density at radius 3 is 2.51 bits per heavy atom. The van der Waals surface area contributed by atoms with E-state index in [-0.39, 0.29) is 32.0 Å². The van der Waals surface area contributed by atoms with Gasteiger partial charge in [0.25, 0.3) is 5.91 Å². The average molecular weight is 624 g/mol. The topological polar surface area (TPSA) is 82.5 Å². The molecule has 2 heterocycles. The maximum absolute atomic E-state index is 14.3. The fraction of sp³-hybridized carbons (Fsp3) is 0.742. The van der Waals surface area contributed by atoms with Gasteiger partial charge in [0.05, 0.1) is 12.7 Å². The number of amides is 3. The number of benzene rings is 1. The summed E-state index contributed by atoms with van der Waals surface area (Å²) >= 11 is 0. The standard InChI is InChI=1S/C31H44F3N3O5Si/c1-41-23-8-7-22-15-25-30(40)10-9-29(18-28(30,24(22)16-23)11-12-35(25)17-21-5-6-21)26(38)36(20-42-13-14-43(2,3)4)27(39)37(29)19-31(32,33)34/h7-8,16,21,25,40H,5-6,9-15,17-20H2,1-4H3/t25-,28-,29+,30-/m1/s1. The Kier molecular flexibility index (Phi) is 7.50. The molecule has 4 fully saturated rings. The number of piperidine rings is 1. The van der Waals surface area contributed by atoms with Crippen molar-refractivity contribution >= 4 is 20.0 Å². The van der Waals surface area contributed by atoms with Gasteiger partial charge < -0.3 is 19.5 Å². The van der Waals surface area contributed by atoms with Gasteiger partial charge in [0, 0.05) is 32.7 Å². The molecule has 0 unspecified atom stereocenters. The number of carbonyl (C=O) groups is 2. The highest BCUT2D eigenvalue weighted by atomic mass is 28.3. The molecular weight excluding hydrogens is 579 g/mol. The van der Waals surface area contributed by atoms with E-state index in [1.807, 2.05) is 18.2 Å². The maximum atomic E-state index is 14.3. The number of carbonyl (C=O) groups excluding carboxylic acids is 2. The fourth-order valence-corrected chi connectivity index (χ4v) is 9.08. The van der Waals surface area contributed by atoms with Crippen LogP contribution in [-0.4, -0.2) is 103 Å². The van der Waals surface area contributed by atoms with Crippen molar-refractivity contribution in [1.82, 2.24) is 14.7 Å². The van der Waals surface area contributed by atoms with Crippen LogP contribution in [0, 0.1) is 5.92 Å². The minimum Gasteiger partial charge on any atom is -0.497 e. The van der Waals surface area contributed by atoms with Gasteiger partial charge in [-0.2, -0.15) is 13.2 Å². The van der Waals surface area contributed by atoms with E-state index >= 15 is 0 Å². The molecule has 5 aliphatic rings. The van der Waals surface area contributed by atoms with E-state index in [0.717, 1.165) is 33.5 Å². The summed E-state index contributed by atoms with van der Waals surface area (Å²) in [6.45, 7) is 6.49. The van der Waals surface area contributed by atoms with Gasteiger partial charge in [0.15, 0.2) is 0 Å². The first-order valence-corrected chi connectivity index (χ1v) is 19.3. The van der Waals surface area contributed by atoms with Gasteiger partial charge in [0.1, 0.15) is 24.6 Å². The van der Waals surface area contributed by atoms with E-state index in [0.29, 0.717) is 37.7 Å². The van der Waals surface area contributed by atoms with E-state index in [4.69, 9.17) is 9.47 Å². The second kappa shape index (κ2) is 10.5. The monoisotopic (exact) mass is 623 g/mol. The predicted molar refractivity (Wildman–Crippen MR) is 157 cm³/mol. The summed E-state index contributed by atoms with van der Waals surface area (Å²) in [6.07, 6.45) is -1.26. The number of alkyl halides is 3. The molecular formula is C31H44F3N3O5Si. The molecule has 1 aromatic rings. The number of imide groups is 1. The van der Waals surface area contributed by atoms with Gasteiger partial charge in [-0.15, -0.1) is 0 Å². The highest BCUT2D eigenvalue weighted by molar-refractivity contribution is 6.76. The van der Waals surface area contributed by atoms with Crippen molar-refractivity contribution in [1.29, 1.82) is 0 Å². The maximum Gasteiger partial charge on any atom is 0.406 e. The summed E-state index contributed by atoms with van der Waals surface area (Å²) in [5, 5.41) is 12.8. The number of hydrogen-bond acceptors (Lipinski definition) is 6. The number of rotatable bonds is 9. The summed E-state index contributed by atoms with van der Waals surface area (Å²) in [4.78, 5) is 31.9. The van der Waals surface area contributed by atoms with Crippen molar-refractivity contribution < 1.29 is 37.3 Å². The summed E-state index contributed by atoms with van der Waals surface area (Å²) in [5.74, 6) is 0.541. The van der Waals surface area contributed by atoms with Crippen molar-refractivity contribution in [2.75, 3.05) is 40.1 Å².